The predicted octanol–water partition coefficient (Wildman–Crippen LogP) is 8.55. The van der Waals surface area contributed by atoms with Gasteiger partial charge in [0.1, 0.15) is 0 Å². The Morgan fingerprint density at radius 1 is 0.410 bits per heavy atom. The van der Waals surface area contributed by atoms with Crippen LogP contribution in [0.1, 0.15) is 58.3 Å². The van der Waals surface area contributed by atoms with Crippen LogP contribution in [0.5, 0.6) is 0 Å². The molecule has 0 rings (SSSR count). The van der Waals surface area contributed by atoms with Crippen LogP contribution in [-0.4, -0.2) is 94.3 Å². The minimum absolute atomic E-state index is 0.115. The first-order chi connectivity index (χ1) is 18.1. The summed E-state index contributed by atoms with van der Waals surface area (Å²) in [5, 5.41) is 0. The summed E-state index contributed by atoms with van der Waals surface area (Å²) in [4.78, 5) is 0. The third-order valence-corrected chi connectivity index (χ3v) is 18.2. The number of hydrogen-bond donors (Lipinski definition) is 0. The standard InChI is InChI=1S/C10H21O.3C4H4F5.Sn/c1-2-3-4-5-6-7-8-9-10-11;3*5-1-2(6)3(7)4(8)9;/h2-10H2,1H3;3*1-4H;/q-1;;;;+1. The fraction of sp³-hybridized carbons (Fsp3) is 1.00. The molecule has 0 aliphatic rings. The molecule has 9 atom stereocenters. The molecule has 0 aliphatic heterocycles. The van der Waals surface area contributed by atoms with Crippen molar-refractivity contribution in [2.45, 2.75) is 127 Å². The molecule has 0 aliphatic carbocycles. The Kier molecular flexibility index (Phi) is 18.9. The van der Waals surface area contributed by atoms with Crippen molar-refractivity contribution in [3.63, 3.8) is 0 Å². The maximum atomic E-state index is 15.2. The van der Waals surface area contributed by atoms with Crippen molar-refractivity contribution < 1.29 is 68.9 Å². The number of unbranched alkanes of at least 4 members (excludes halogenated alkanes) is 7. The summed E-state index contributed by atoms with van der Waals surface area (Å²) in [6.45, 7) is 0.808. The Hall–Kier alpha value is -0.291. The van der Waals surface area contributed by atoms with Crippen LogP contribution < -0.4 is 0 Å². The Morgan fingerprint density at radius 3 is 0.974 bits per heavy atom. The van der Waals surface area contributed by atoms with Gasteiger partial charge in [0.15, 0.2) is 0 Å². The summed E-state index contributed by atoms with van der Waals surface area (Å²) in [5.74, 6) is 0. The molecule has 0 spiro atoms. The van der Waals surface area contributed by atoms with Crippen molar-refractivity contribution in [2.24, 2.45) is 0 Å². The molecule has 17 heteroatoms. The van der Waals surface area contributed by atoms with Gasteiger partial charge in [0.2, 0.25) is 0 Å². The van der Waals surface area contributed by atoms with E-state index in [1.54, 1.807) is 0 Å². The van der Waals surface area contributed by atoms with E-state index < -0.39 is 94.3 Å². The number of halogens is 15. The Balaban J connectivity index is 6.35. The van der Waals surface area contributed by atoms with Gasteiger partial charge in [-0.05, 0) is 0 Å². The molecule has 236 valence electrons. The first kappa shape index (κ1) is 38.7. The van der Waals surface area contributed by atoms with E-state index >= 15 is 13.2 Å². The van der Waals surface area contributed by atoms with Crippen LogP contribution in [0.4, 0.5) is 65.9 Å². The molecule has 0 amide bonds. The average Bonchev–Trinajstić information content (AvgIpc) is 2.90. The first-order valence-corrected chi connectivity index (χ1v) is 18.4. The van der Waals surface area contributed by atoms with E-state index in [-0.39, 0.29) is 12.8 Å². The summed E-state index contributed by atoms with van der Waals surface area (Å²) < 4.78 is 197. The maximum absolute atomic E-state index is 15.2. The molecule has 0 saturated carbocycles. The molecule has 0 radical (unpaired) electrons. The minimum atomic E-state index is -8.12. The van der Waals surface area contributed by atoms with Gasteiger partial charge in [0.25, 0.3) is 0 Å². The summed E-state index contributed by atoms with van der Waals surface area (Å²) in [5.41, 5.74) is 0. The molecule has 0 bridgehead atoms. The van der Waals surface area contributed by atoms with Gasteiger partial charge < -0.3 is 0 Å². The number of hydrogen-bond acceptors (Lipinski definition) is 1. The third-order valence-electron chi connectivity index (χ3n) is 6.12. The van der Waals surface area contributed by atoms with Crippen molar-refractivity contribution in [3.8, 4) is 0 Å². The van der Waals surface area contributed by atoms with Crippen molar-refractivity contribution in [1.82, 2.24) is 0 Å². The van der Waals surface area contributed by atoms with E-state index in [1.165, 1.54) is 0 Å². The zero-order chi connectivity index (χ0) is 30.5. The Bertz CT molecular complexity index is 570. The summed E-state index contributed by atoms with van der Waals surface area (Å²) in [7, 11) is 0. The molecule has 0 aromatic carbocycles. The molecule has 1 nitrogen and oxygen atoms in total. The molecule has 0 saturated heterocycles. The molecule has 39 heavy (non-hydrogen) atoms. The van der Waals surface area contributed by atoms with Crippen LogP contribution in [-0.2, 0) is 3.07 Å². The normalized spacial score (nSPS) is 21.3. The summed E-state index contributed by atoms with van der Waals surface area (Å²) >= 11 is -8.12. The van der Waals surface area contributed by atoms with Crippen LogP contribution in [0.2, 0.25) is 0 Å². The topological polar surface area (TPSA) is 9.23 Å². The summed E-state index contributed by atoms with van der Waals surface area (Å²) in [6.07, 6.45) is -34.4. The zero-order valence-electron chi connectivity index (χ0n) is 20.9. The van der Waals surface area contributed by atoms with Crippen LogP contribution >= 0.6 is 0 Å². The van der Waals surface area contributed by atoms with Gasteiger partial charge in [-0.3, -0.25) is 0 Å². The van der Waals surface area contributed by atoms with Gasteiger partial charge >= 0.3 is 221 Å². The van der Waals surface area contributed by atoms with Gasteiger partial charge in [-0.25, -0.2) is 0 Å². The summed E-state index contributed by atoms with van der Waals surface area (Å²) in [6, 6.07) is 0. The van der Waals surface area contributed by atoms with Crippen molar-refractivity contribution in [1.29, 1.82) is 0 Å². The van der Waals surface area contributed by atoms with E-state index in [1.807, 2.05) is 6.92 Å². The van der Waals surface area contributed by atoms with Crippen LogP contribution in [0, 0.1) is 0 Å². The fourth-order valence-corrected chi connectivity index (χ4v) is 15.1. The number of rotatable bonds is 22. The van der Waals surface area contributed by atoms with Crippen LogP contribution in [0.3, 0.4) is 0 Å². The zero-order valence-corrected chi connectivity index (χ0v) is 23.7. The quantitative estimate of drug-likeness (QED) is 0.0620. The Morgan fingerprint density at radius 2 is 0.692 bits per heavy atom. The van der Waals surface area contributed by atoms with Crippen molar-refractivity contribution >= 4 is 18.8 Å². The van der Waals surface area contributed by atoms with Gasteiger partial charge in [-0.2, -0.15) is 0 Å². The second kappa shape index (κ2) is 19.0. The second-order valence-corrected chi connectivity index (χ2v) is 19.5. The Labute approximate surface area is 221 Å². The van der Waals surface area contributed by atoms with E-state index in [4.69, 9.17) is 0 Å². The molecule has 0 N–H and O–H groups in total. The molecule has 9 unspecified atom stereocenters. The molecular weight excluding hydrogens is 684 g/mol. The van der Waals surface area contributed by atoms with E-state index in [2.05, 4.69) is 3.07 Å². The first-order valence-electron chi connectivity index (χ1n) is 12.3. The van der Waals surface area contributed by atoms with Gasteiger partial charge in [-0.15, -0.1) is 0 Å². The molecular formula is C22H33F15OSn. The third kappa shape index (κ3) is 11.1. The van der Waals surface area contributed by atoms with E-state index in [0.29, 0.717) is 12.8 Å². The average molecular weight is 717 g/mol. The van der Waals surface area contributed by atoms with Gasteiger partial charge in [-0.1, -0.05) is 0 Å². The van der Waals surface area contributed by atoms with E-state index in [0.717, 1.165) is 25.7 Å². The number of alkyl halides is 15. The molecule has 0 aromatic rings. The fourth-order valence-electron chi connectivity index (χ4n) is 3.83. The molecule has 0 aromatic heterocycles. The monoisotopic (exact) mass is 718 g/mol. The van der Waals surface area contributed by atoms with Gasteiger partial charge in [0.05, 0.1) is 0 Å². The predicted molar refractivity (Wildman–Crippen MR) is 116 cm³/mol. The second-order valence-electron chi connectivity index (χ2n) is 9.05. The van der Waals surface area contributed by atoms with Crippen LogP contribution in [0.25, 0.3) is 0 Å². The van der Waals surface area contributed by atoms with Crippen molar-refractivity contribution in [3.05, 3.63) is 0 Å². The molecule has 0 fully saturated rings. The van der Waals surface area contributed by atoms with Crippen LogP contribution in [0.15, 0.2) is 0 Å². The SMILES string of the molecule is CCCCCCCCCC[O][Sn]([CH](F)C(F)C(F)C(F)F)([CH](F)C(F)C(F)C(F)F)[CH](F)C(F)C(F)C(F)F. The molecule has 0 heterocycles. The van der Waals surface area contributed by atoms with E-state index in [9.17, 15) is 52.7 Å². The van der Waals surface area contributed by atoms with Crippen molar-refractivity contribution in [2.75, 3.05) is 6.61 Å². The van der Waals surface area contributed by atoms with Gasteiger partial charge in [0, 0.05) is 0 Å².